The average Bonchev–Trinajstić information content (AvgIpc) is 2.83. The van der Waals surface area contributed by atoms with E-state index in [0.29, 0.717) is 5.56 Å². The number of halogens is 1. The Morgan fingerprint density at radius 3 is 2.30 bits per heavy atom. The second-order valence-electron chi connectivity index (χ2n) is 11.3. The van der Waals surface area contributed by atoms with Crippen molar-refractivity contribution in [3.05, 3.63) is 65.5 Å². The van der Waals surface area contributed by atoms with E-state index >= 15 is 0 Å². The summed E-state index contributed by atoms with van der Waals surface area (Å²) in [5.74, 6) is -0.393. The number of hydrogen-bond donors (Lipinski definition) is 1. The van der Waals surface area contributed by atoms with Crippen LogP contribution in [0.5, 0.6) is 0 Å². The smallest absolute Gasteiger partial charge is 0.299 e. The predicted octanol–water partition coefficient (Wildman–Crippen LogP) is 4.50. The molecule has 2 aromatic carbocycles. The van der Waals surface area contributed by atoms with Gasteiger partial charge < -0.3 is 9.64 Å². The van der Waals surface area contributed by atoms with Crippen LogP contribution in [0, 0.1) is 5.82 Å². The maximum absolute atomic E-state index is 14.1. The number of rotatable bonds is 5. The van der Waals surface area contributed by atoms with E-state index in [1.165, 1.54) is 6.07 Å². The molecule has 2 aliphatic heterocycles. The van der Waals surface area contributed by atoms with Gasteiger partial charge in [0, 0.05) is 43.0 Å². The van der Waals surface area contributed by atoms with Gasteiger partial charge in [0.2, 0.25) is 10.0 Å². The summed E-state index contributed by atoms with van der Waals surface area (Å²) in [4.78, 5) is 9.19. The highest BCUT2D eigenvalue weighted by Gasteiger charge is 2.50. The molecule has 0 bridgehead atoms. The number of nitrogens with zero attached hydrogens (tertiary/aromatic N) is 3. The third-order valence-electron chi connectivity index (χ3n) is 7.74. The van der Waals surface area contributed by atoms with Crippen LogP contribution in [0.15, 0.2) is 53.5 Å². The molecule has 0 spiro atoms. The number of anilines is 1. The Morgan fingerprint density at radius 2 is 1.73 bits per heavy atom. The van der Waals surface area contributed by atoms with Crippen LogP contribution in [0.4, 0.5) is 10.1 Å². The molecule has 7 nitrogen and oxygen atoms in total. The molecule has 1 N–H and O–H groups in total. The highest BCUT2D eigenvalue weighted by atomic mass is 32.2. The molecule has 0 saturated carbocycles. The van der Waals surface area contributed by atoms with Crippen molar-refractivity contribution in [1.29, 1.82) is 0 Å². The SMILES string of the molecule is CC1OC(=N[C@@H](C)c2ccccc2F)NS(=O)(=O)[C@]1(C)Cc1ccc(N2CCN(C(C)(C)C)CC2)cc1. The topological polar surface area (TPSA) is 74.2 Å². The molecule has 2 fully saturated rings. The van der Waals surface area contributed by atoms with E-state index in [0.717, 1.165) is 37.4 Å². The Labute approximate surface area is 220 Å². The molecule has 0 aliphatic carbocycles. The van der Waals surface area contributed by atoms with Crippen molar-refractivity contribution in [2.24, 2.45) is 4.99 Å². The van der Waals surface area contributed by atoms with Gasteiger partial charge in [-0.25, -0.2) is 22.5 Å². The van der Waals surface area contributed by atoms with E-state index in [1.54, 1.807) is 39.0 Å². The standard InChI is InChI=1S/C28H39FN4O3S/c1-20(24-9-7-8-10-25(24)29)30-26-31-37(34,35)28(6,21(2)36-26)19-22-11-13-23(14-12-22)32-15-17-33(18-16-32)27(3,4)5/h7-14,20-21H,15-19H2,1-6H3,(H,30,31)/t20-,21?,28+/m0/s1. The van der Waals surface area contributed by atoms with Gasteiger partial charge in [-0.2, -0.15) is 0 Å². The number of piperazine rings is 1. The van der Waals surface area contributed by atoms with Gasteiger partial charge >= 0.3 is 0 Å². The molecule has 9 heteroatoms. The van der Waals surface area contributed by atoms with Crippen LogP contribution in [-0.4, -0.2) is 61.9 Å². The maximum Gasteiger partial charge on any atom is 0.299 e. The van der Waals surface area contributed by atoms with Gasteiger partial charge in [-0.3, -0.25) is 4.90 Å². The molecular weight excluding hydrogens is 491 g/mol. The Balaban J connectivity index is 1.44. The first-order chi connectivity index (χ1) is 17.3. The van der Waals surface area contributed by atoms with E-state index < -0.39 is 32.7 Å². The second-order valence-corrected chi connectivity index (χ2v) is 13.4. The summed E-state index contributed by atoms with van der Waals surface area (Å²) >= 11 is 0. The lowest BCUT2D eigenvalue weighted by Gasteiger charge is -2.43. The molecule has 0 radical (unpaired) electrons. The Bertz CT molecular complexity index is 1230. The summed E-state index contributed by atoms with van der Waals surface area (Å²) in [5.41, 5.74) is 2.61. The van der Waals surface area contributed by atoms with Crippen LogP contribution >= 0.6 is 0 Å². The average molecular weight is 531 g/mol. The van der Waals surface area contributed by atoms with Crippen molar-refractivity contribution in [3.63, 3.8) is 0 Å². The minimum Gasteiger partial charge on any atom is -0.460 e. The number of nitrogens with one attached hydrogen (secondary N) is 1. The van der Waals surface area contributed by atoms with Crippen molar-refractivity contribution in [3.8, 4) is 0 Å². The van der Waals surface area contributed by atoms with E-state index in [-0.39, 0.29) is 18.0 Å². The lowest BCUT2D eigenvalue weighted by molar-refractivity contribution is 0.128. The van der Waals surface area contributed by atoms with Gasteiger partial charge in [0.15, 0.2) is 0 Å². The quantitative estimate of drug-likeness (QED) is 0.616. The normalized spacial score (nSPS) is 26.4. The molecule has 2 heterocycles. The number of sulfonamides is 1. The first kappa shape index (κ1) is 27.4. The van der Waals surface area contributed by atoms with Gasteiger partial charge in [0.05, 0.1) is 6.04 Å². The lowest BCUT2D eigenvalue weighted by Crippen LogP contribution is -2.61. The van der Waals surface area contributed by atoms with Gasteiger partial charge in [-0.05, 0) is 71.7 Å². The molecule has 1 unspecified atom stereocenters. The van der Waals surface area contributed by atoms with Crippen LogP contribution in [-0.2, 0) is 21.2 Å². The molecule has 3 atom stereocenters. The summed E-state index contributed by atoms with van der Waals surface area (Å²) in [7, 11) is -3.82. The summed E-state index contributed by atoms with van der Waals surface area (Å²) in [5, 5.41) is 0. The molecule has 2 saturated heterocycles. The molecule has 2 aliphatic rings. The Kier molecular flexibility index (Phi) is 7.59. The molecule has 37 heavy (non-hydrogen) atoms. The van der Waals surface area contributed by atoms with Crippen molar-refractivity contribution < 1.29 is 17.5 Å². The third kappa shape index (κ3) is 5.77. The lowest BCUT2D eigenvalue weighted by atomic mass is 9.95. The van der Waals surface area contributed by atoms with Crippen LogP contribution in [0.2, 0.25) is 0 Å². The number of aliphatic imine (C=N–C) groups is 1. The van der Waals surface area contributed by atoms with E-state index in [9.17, 15) is 12.8 Å². The number of benzene rings is 2. The largest absolute Gasteiger partial charge is 0.460 e. The van der Waals surface area contributed by atoms with Gasteiger partial charge in [-0.15, -0.1) is 0 Å². The molecule has 0 amide bonds. The van der Waals surface area contributed by atoms with E-state index in [4.69, 9.17) is 4.74 Å². The highest BCUT2D eigenvalue weighted by molar-refractivity contribution is 7.91. The fraction of sp³-hybridized carbons (Fsp3) is 0.536. The van der Waals surface area contributed by atoms with Crippen molar-refractivity contribution >= 4 is 21.7 Å². The number of hydrogen-bond acceptors (Lipinski definition) is 6. The Morgan fingerprint density at radius 1 is 1.11 bits per heavy atom. The molecule has 202 valence electrons. The zero-order valence-corrected chi connectivity index (χ0v) is 23.5. The zero-order chi connectivity index (χ0) is 27.0. The highest BCUT2D eigenvalue weighted by Crippen LogP contribution is 2.33. The summed E-state index contributed by atoms with van der Waals surface area (Å²) in [6.07, 6.45) is -0.368. The van der Waals surface area contributed by atoms with Gasteiger partial charge in [0.25, 0.3) is 6.02 Å². The Hall–Kier alpha value is -2.65. The zero-order valence-electron chi connectivity index (χ0n) is 22.7. The van der Waals surface area contributed by atoms with Gasteiger partial charge in [-0.1, -0.05) is 30.3 Å². The van der Waals surface area contributed by atoms with Crippen LogP contribution < -0.4 is 9.62 Å². The van der Waals surface area contributed by atoms with E-state index in [2.05, 4.69) is 52.4 Å². The van der Waals surface area contributed by atoms with Crippen LogP contribution in [0.1, 0.15) is 58.7 Å². The second kappa shape index (κ2) is 10.3. The summed E-state index contributed by atoms with van der Waals surface area (Å²) < 4.78 is 48.1. The van der Waals surface area contributed by atoms with Crippen LogP contribution in [0.25, 0.3) is 0 Å². The van der Waals surface area contributed by atoms with Crippen molar-refractivity contribution in [2.75, 3.05) is 31.1 Å². The molecule has 0 aromatic heterocycles. The number of ether oxygens (including phenoxy) is 1. The van der Waals surface area contributed by atoms with Crippen molar-refractivity contribution in [2.45, 2.75) is 70.4 Å². The van der Waals surface area contributed by atoms with Gasteiger partial charge in [0.1, 0.15) is 16.7 Å². The molecular formula is C28H39FN4O3S. The minimum atomic E-state index is -3.82. The summed E-state index contributed by atoms with van der Waals surface area (Å²) in [6, 6.07) is 13.7. The minimum absolute atomic E-state index is 0.106. The maximum atomic E-state index is 14.1. The first-order valence-corrected chi connectivity index (χ1v) is 14.4. The first-order valence-electron chi connectivity index (χ1n) is 12.9. The molecule has 2 aromatic rings. The summed E-state index contributed by atoms with van der Waals surface area (Å²) in [6.45, 7) is 15.8. The third-order valence-corrected chi connectivity index (χ3v) is 9.88. The van der Waals surface area contributed by atoms with Crippen LogP contribution in [0.3, 0.4) is 0 Å². The fourth-order valence-corrected chi connectivity index (χ4v) is 6.39. The van der Waals surface area contributed by atoms with Crippen molar-refractivity contribution in [1.82, 2.24) is 9.62 Å². The monoisotopic (exact) mass is 530 g/mol. The predicted molar refractivity (Wildman–Crippen MR) is 147 cm³/mol. The fourth-order valence-electron chi connectivity index (χ4n) is 4.99. The molecule has 4 rings (SSSR count). The number of amidine groups is 1. The van der Waals surface area contributed by atoms with E-state index in [1.807, 2.05) is 12.1 Å².